The smallest absolute Gasteiger partial charge is 0.270 e. The van der Waals surface area contributed by atoms with Gasteiger partial charge in [0.15, 0.2) is 0 Å². The third-order valence-electron chi connectivity index (χ3n) is 2.63. The molecule has 0 radical (unpaired) electrons. The number of aromatic nitrogens is 2. The molecule has 0 aliphatic carbocycles. The highest BCUT2D eigenvalue weighted by Gasteiger charge is 2.18. The van der Waals surface area contributed by atoms with Crippen LogP contribution in [0.5, 0.6) is 0 Å². The lowest BCUT2D eigenvalue weighted by Gasteiger charge is -2.01. The number of hydrogen-bond acceptors (Lipinski definition) is 7. The van der Waals surface area contributed by atoms with Crippen LogP contribution in [0.15, 0.2) is 22.7 Å². The lowest BCUT2D eigenvalue weighted by Crippen LogP contribution is -2.14. The number of nitrogens with zero attached hydrogens (tertiary/aromatic N) is 3. The van der Waals surface area contributed by atoms with E-state index < -0.39 is 11.0 Å². The second kappa shape index (κ2) is 5.12. The highest BCUT2D eigenvalue weighted by atomic mass is 16.6. The Bertz CT molecular complexity index is 610. The Morgan fingerprint density at radius 2 is 2.32 bits per heavy atom. The van der Waals surface area contributed by atoms with E-state index >= 15 is 0 Å². The zero-order chi connectivity index (χ0) is 14.0. The van der Waals surface area contributed by atoms with Crippen molar-refractivity contribution in [1.82, 2.24) is 10.1 Å². The molecule has 1 aromatic carbocycles. The summed E-state index contributed by atoms with van der Waals surface area (Å²) in [6, 6.07) is 3.61. The molecule has 3 N–H and O–H groups in total. The third kappa shape index (κ3) is 2.59. The van der Waals surface area contributed by atoms with Crippen molar-refractivity contribution < 1.29 is 14.6 Å². The standard InChI is InChI=1S/C11H12N4O4/c1-6-2-3-7(15(17)18)4-8(6)10-13-11(19-14-10)9(12)5-16/h2-4,9,16H,5,12H2,1H3/t9-/m1/s1. The summed E-state index contributed by atoms with van der Waals surface area (Å²) in [6.45, 7) is 1.45. The number of aliphatic hydroxyl groups is 1. The number of nitrogens with two attached hydrogens (primary N) is 1. The van der Waals surface area contributed by atoms with E-state index in [1.165, 1.54) is 12.1 Å². The molecule has 0 bridgehead atoms. The molecule has 2 rings (SSSR count). The first-order valence-electron chi connectivity index (χ1n) is 5.48. The molecule has 0 saturated heterocycles. The molecule has 0 fully saturated rings. The van der Waals surface area contributed by atoms with Crippen LogP contribution in [0, 0.1) is 17.0 Å². The fourth-order valence-electron chi connectivity index (χ4n) is 1.54. The van der Waals surface area contributed by atoms with Gasteiger partial charge in [-0.2, -0.15) is 4.98 Å². The molecule has 8 heteroatoms. The Kier molecular flexibility index (Phi) is 3.54. The number of aryl methyl sites for hydroxylation is 1. The predicted molar refractivity (Wildman–Crippen MR) is 65.1 cm³/mol. The summed E-state index contributed by atoms with van der Waals surface area (Å²) < 4.78 is 4.91. The zero-order valence-corrected chi connectivity index (χ0v) is 10.1. The zero-order valence-electron chi connectivity index (χ0n) is 10.1. The second-order valence-electron chi connectivity index (χ2n) is 4.00. The Morgan fingerprint density at radius 1 is 1.58 bits per heavy atom. The van der Waals surface area contributed by atoms with Gasteiger partial charge in [0.25, 0.3) is 5.69 Å². The Labute approximate surface area is 108 Å². The highest BCUT2D eigenvalue weighted by molar-refractivity contribution is 5.63. The fourth-order valence-corrected chi connectivity index (χ4v) is 1.54. The van der Waals surface area contributed by atoms with Crippen LogP contribution in [0.25, 0.3) is 11.4 Å². The number of aliphatic hydroxyl groups excluding tert-OH is 1. The Balaban J connectivity index is 2.43. The van der Waals surface area contributed by atoms with Gasteiger partial charge < -0.3 is 15.4 Å². The van der Waals surface area contributed by atoms with Crippen LogP contribution < -0.4 is 5.73 Å². The fraction of sp³-hybridized carbons (Fsp3) is 0.273. The summed E-state index contributed by atoms with van der Waals surface area (Å²) in [4.78, 5) is 14.3. The molecule has 1 heterocycles. The monoisotopic (exact) mass is 264 g/mol. The van der Waals surface area contributed by atoms with Gasteiger partial charge >= 0.3 is 0 Å². The van der Waals surface area contributed by atoms with E-state index in [9.17, 15) is 10.1 Å². The van der Waals surface area contributed by atoms with Crippen LogP contribution in [0.3, 0.4) is 0 Å². The number of rotatable bonds is 4. The van der Waals surface area contributed by atoms with E-state index in [2.05, 4.69) is 10.1 Å². The van der Waals surface area contributed by atoms with Crippen LogP contribution in [-0.2, 0) is 0 Å². The van der Waals surface area contributed by atoms with Crippen molar-refractivity contribution in [3.05, 3.63) is 39.8 Å². The van der Waals surface area contributed by atoms with Crippen molar-refractivity contribution in [2.75, 3.05) is 6.61 Å². The molecule has 0 amide bonds. The van der Waals surface area contributed by atoms with Gasteiger partial charge in [-0.3, -0.25) is 10.1 Å². The third-order valence-corrected chi connectivity index (χ3v) is 2.63. The maximum atomic E-state index is 10.7. The van der Waals surface area contributed by atoms with Crippen LogP contribution in [0.2, 0.25) is 0 Å². The van der Waals surface area contributed by atoms with Crippen molar-refractivity contribution in [2.24, 2.45) is 5.73 Å². The molecule has 1 atom stereocenters. The maximum Gasteiger partial charge on any atom is 0.270 e. The Morgan fingerprint density at radius 3 is 2.95 bits per heavy atom. The van der Waals surface area contributed by atoms with Crippen molar-refractivity contribution in [2.45, 2.75) is 13.0 Å². The average Bonchev–Trinajstić information content (AvgIpc) is 2.87. The van der Waals surface area contributed by atoms with Gasteiger partial charge in [-0.25, -0.2) is 0 Å². The minimum Gasteiger partial charge on any atom is -0.394 e. The predicted octanol–water partition coefficient (Wildman–Crippen LogP) is 0.945. The van der Waals surface area contributed by atoms with E-state index in [-0.39, 0.29) is 24.0 Å². The molecule has 2 aromatic rings. The van der Waals surface area contributed by atoms with Crippen molar-refractivity contribution in [3.8, 4) is 11.4 Å². The molecule has 0 aliphatic rings. The first kappa shape index (κ1) is 13.1. The van der Waals surface area contributed by atoms with E-state index in [1.54, 1.807) is 13.0 Å². The second-order valence-corrected chi connectivity index (χ2v) is 4.00. The van der Waals surface area contributed by atoms with Crippen LogP contribution in [0.1, 0.15) is 17.5 Å². The van der Waals surface area contributed by atoms with Crippen molar-refractivity contribution in [3.63, 3.8) is 0 Å². The normalized spacial score (nSPS) is 12.4. The molecule has 0 unspecified atom stereocenters. The molecule has 0 saturated carbocycles. The number of benzene rings is 1. The minimum atomic E-state index is -0.764. The minimum absolute atomic E-state index is 0.0570. The van der Waals surface area contributed by atoms with Gasteiger partial charge in [0, 0.05) is 17.7 Å². The van der Waals surface area contributed by atoms with Gasteiger partial charge in [-0.1, -0.05) is 11.2 Å². The number of nitro benzene ring substituents is 1. The largest absolute Gasteiger partial charge is 0.394 e. The van der Waals surface area contributed by atoms with Gasteiger partial charge in [-0.15, -0.1) is 0 Å². The summed E-state index contributed by atoms with van der Waals surface area (Å²) in [5.74, 6) is 0.295. The average molecular weight is 264 g/mol. The van der Waals surface area contributed by atoms with Crippen molar-refractivity contribution >= 4 is 5.69 Å². The lowest BCUT2D eigenvalue weighted by molar-refractivity contribution is -0.384. The van der Waals surface area contributed by atoms with E-state index in [4.69, 9.17) is 15.4 Å². The van der Waals surface area contributed by atoms with Crippen LogP contribution in [0.4, 0.5) is 5.69 Å². The summed E-state index contributed by atoms with van der Waals surface area (Å²) in [5, 5.41) is 23.4. The lowest BCUT2D eigenvalue weighted by atomic mass is 10.1. The molecule has 19 heavy (non-hydrogen) atoms. The van der Waals surface area contributed by atoms with Gasteiger partial charge in [-0.05, 0) is 12.5 Å². The van der Waals surface area contributed by atoms with Crippen LogP contribution >= 0.6 is 0 Å². The first-order chi connectivity index (χ1) is 9.02. The molecular formula is C11H12N4O4. The van der Waals surface area contributed by atoms with E-state index in [0.717, 1.165) is 5.56 Å². The quantitative estimate of drug-likeness (QED) is 0.621. The first-order valence-corrected chi connectivity index (χ1v) is 5.48. The van der Waals surface area contributed by atoms with Gasteiger partial charge in [0.05, 0.1) is 11.5 Å². The van der Waals surface area contributed by atoms with Gasteiger partial charge in [0.1, 0.15) is 6.04 Å². The maximum absolute atomic E-state index is 10.7. The molecular weight excluding hydrogens is 252 g/mol. The van der Waals surface area contributed by atoms with Crippen molar-refractivity contribution in [1.29, 1.82) is 0 Å². The summed E-state index contributed by atoms with van der Waals surface area (Å²) in [5.41, 5.74) is 6.76. The summed E-state index contributed by atoms with van der Waals surface area (Å²) >= 11 is 0. The molecule has 8 nitrogen and oxygen atoms in total. The van der Waals surface area contributed by atoms with Gasteiger partial charge in [0.2, 0.25) is 11.7 Å². The topological polar surface area (TPSA) is 128 Å². The molecule has 0 spiro atoms. The number of hydrogen-bond donors (Lipinski definition) is 2. The highest BCUT2D eigenvalue weighted by Crippen LogP contribution is 2.26. The summed E-state index contributed by atoms with van der Waals surface area (Å²) in [6.07, 6.45) is 0. The molecule has 1 aromatic heterocycles. The van der Waals surface area contributed by atoms with Crippen LogP contribution in [-0.4, -0.2) is 26.8 Å². The number of non-ortho nitro benzene ring substituents is 1. The summed E-state index contributed by atoms with van der Waals surface area (Å²) in [7, 11) is 0. The Hall–Kier alpha value is -2.32. The SMILES string of the molecule is Cc1ccc([N+](=O)[O-])cc1-c1noc([C@H](N)CO)n1. The number of nitro groups is 1. The van der Waals surface area contributed by atoms with E-state index in [1.807, 2.05) is 0 Å². The van der Waals surface area contributed by atoms with E-state index in [0.29, 0.717) is 5.56 Å². The molecule has 100 valence electrons. The molecule has 0 aliphatic heterocycles.